The molecule has 1 amide bonds. The molecule has 0 radical (unpaired) electrons. The van der Waals surface area contributed by atoms with Crippen LogP contribution in [0.2, 0.25) is 0 Å². The van der Waals surface area contributed by atoms with Gasteiger partial charge in [0.1, 0.15) is 5.75 Å². The van der Waals surface area contributed by atoms with E-state index in [1.165, 1.54) is 0 Å². The molecule has 23 heavy (non-hydrogen) atoms. The lowest BCUT2D eigenvalue weighted by Gasteiger charge is -2.10. The van der Waals surface area contributed by atoms with Gasteiger partial charge in [-0.1, -0.05) is 12.1 Å². The zero-order valence-electron chi connectivity index (χ0n) is 13.4. The van der Waals surface area contributed by atoms with Crippen LogP contribution in [0.15, 0.2) is 42.5 Å². The Morgan fingerprint density at radius 2 is 1.74 bits per heavy atom. The molecule has 0 saturated carbocycles. The molecule has 0 saturated heterocycles. The third kappa shape index (κ3) is 4.57. The number of rotatable bonds is 4. The first kappa shape index (κ1) is 16.5. The van der Waals surface area contributed by atoms with E-state index in [-0.39, 0.29) is 0 Å². The van der Waals surface area contributed by atoms with Crippen LogP contribution in [0.3, 0.4) is 0 Å². The summed E-state index contributed by atoms with van der Waals surface area (Å²) in [5.41, 5.74) is 2.86. The van der Waals surface area contributed by atoms with Crippen molar-refractivity contribution in [2.75, 3.05) is 11.9 Å². The van der Waals surface area contributed by atoms with E-state index < -0.39 is 12.1 Å². The van der Waals surface area contributed by atoms with Gasteiger partial charge in [0.2, 0.25) is 0 Å². The van der Waals surface area contributed by atoms with E-state index in [4.69, 9.17) is 9.47 Å². The molecule has 5 heteroatoms. The molecule has 0 spiro atoms. The monoisotopic (exact) mass is 313 g/mol. The summed E-state index contributed by atoms with van der Waals surface area (Å²) >= 11 is 0. The molecular weight excluding hydrogens is 294 g/mol. The first-order valence-corrected chi connectivity index (χ1v) is 7.33. The van der Waals surface area contributed by atoms with Crippen molar-refractivity contribution in [2.24, 2.45) is 0 Å². The molecule has 0 unspecified atom stereocenters. The van der Waals surface area contributed by atoms with Crippen molar-refractivity contribution in [3.05, 3.63) is 59.2 Å². The standard InChI is InChI=1S/C18H19NO4/c1-4-22-17(20)14-7-9-15(10-8-14)19-18(21)23-16-11-12(2)5-6-13(16)3/h5-11H,4H2,1-3H3,(H,19,21). The average Bonchev–Trinajstić information content (AvgIpc) is 2.52. The second kappa shape index (κ2) is 7.45. The Bertz CT molecular complexity index is 707. The van der Waals surface area contributed by atoms with Crippen molar-refractivity contribution < 1.29 is 19.1 Å². The van der Waals surface area contributed by atoms with Gasteiger partial charge in [-0.3, -0.25) is 5.32 Å². The van der Waals surface area contributed by atoms with Gasteiger partial charge in [-0.2, -0.15) is 0 Å². The summed E-state index contributed by atoms with van der Waals surface area (Å²) in [5.74, 6) is 0.127. The van der Waals surface area contributed by atoms with Crippen molar-refractivity contribution in [3.8, 4) is 5.75 Å². The van der Waals surface area contributed by atoms with Gasteiger partial charge in [-0.25, -0.2) is 9.59 Å². The SMILES string of the molecule is CCOC(=O)c1ccc(NC(=O)Oc2cc(C)ccc2C)cc1. The minimum absolute atomic E-state index is 0.320. The highest BCUT2D eigenvalue weighted by molar-refractivity contribution is 5.91. The van der Waals surface area contributed by atoms with E-state index in [0.29, 0.717) is 23.6 Å². The molecule has 5 nitrogen and oxygen atoms in total. The number of hydrogen-bond acceptors (Lipinski definition) is 4. The molecule has 0 aromatic heterocycles. The van der Waals surface area contributed by atoms with Gasteiger partial charge in [0.25, 0.3) is 0 Å². The predicted molar refractivity (Wildman–Crippen MR) is 88.0 cm³/mol. The summed E-state index contributed by atoms with van der Waals surface area (Å²) < 4.78 is 10.2. The number of ether oxygens (including phenoxy) is 2. The molecule has 2 rings (SSSR count). The van der Waals surface area contributed by atoms with Gasteiger partial charge in [0.05, 0.1) is 12.2 Å². The van der Waals surface area contributed by atoms with Crippen molar-refractivity contribution in [2.45, 2.75) is 20.8 Å². The first-order valence-electron chi connectivity index (χ1n) is 7.33. The zero-order valence-corrected chi connectivity index (χ0v) is 13.4. The lowest BCUT2D eigenvalue weighted by atomic mass is 10.1. The molecule has 0 aliphatic carbocycles. The molecule has 0 aliphatic heterocycles. The highest BCUT2D eigenvalue weighted by Crippen LogP contribution is 2.20. The molecule has 2 aromatic rings. The predicted octanol–water partition coefficient (Wildman–Crippen LogP) is 4.09. The van der Waals surface area contributed by atoms with Crippen molar-refractivity contribution in [1.29, 1.82) is 0 Å². The highest BCUT2D eigenvalue weighted by Gasteiger charge is 2.09. The van der Waals surface area contributed by atoms with E-state index in [0.717, 1.165) is 11.1 Å². The molecule has 1 N–H and O–H groups in total. The number of aryl methyl sites for hydroxylation is 2. The zero-order chi connectivity index (χ0) is 16.8. The van der Waals surface area contributed by atoms with Gasteiger partial charge in [-0.05, 0) is 62.2 Å². The van der Waals surface area contributed by atoms with Gasteiger partial charge in [0.15, 0.2) is 0 Å². The third-order valence-corrected chi connectivity index (χ3v) is 3.19. The van der Waals surface area contributed by atoms with Crippen LogP contribution in [0, 0.1) is 13.8 Å². The van der Waals surface area contributed by atoms with Crippen LogP contribution in [-0.4, -0.2) is 18.7 Å². The average molecular weight is 313 g/mol. The normalized spacial score (nSPS) is 10.0. The number of amides is 1. The molecule has 0 bridgehead atoms. The number of esters is 1. The van der Waals surface area contributed by atoms with Crippen molar-refractivity contribution in [1.82, 2.24) is 0 Å². The summed E-state index contributed by atoms with van der Waals surface area (Å²) in [7, 11) is 0. The maximum atomic E-state index is 11.9. The molecule has 0 fully saturated rings. The summed E-state index contributed by atoms with van der Waals surface area (Å²) in [6, 6.07) is 12.1. The van der Waals surface area contributed by atoms with Gasteiger partial charge < -0.3 is 9.47 Å². The largest absolute Gasteiger partial charge is 0.462 e. The topological polar surface area (TPSA) is 64.6 Å². The number of hydrogen-bond donors (Lipinski definition) is 1. The Morgan fingerprint density at radius 3 is 2.39 bits per heavy atom. The van der Waals surface area contributed by atoms with Crippen LogP contribution in [-0.2, 0) is 4.74 Å². The van der Waals surface area contributed by atoms with Gasteiger partial charge >= 0.3 is 12.1 Å². The Morgan fingerprint density at radius 1 is 1.04 bits per heavy atom. The van der Waals surface area contributed by atoms with E-state index in [1.807, 2.05) is 26.0 Å². The van der Waals surface area contributed by atoms with Crippen LogP contribution < -0.4 is 10.1 Å². The molecule has 120 valence electrons. The van der Waals surface area contributed by atoms with E-state index in [1.54, 1.807) is 37.3 Å². The van der Waals surface area contributed by atoms with Crippen molar-refractivity contribution >= 4 is 17.7 Å². The quantitative estimate of drug-likeness (QED) is 0.863. The van der Waals surface area contributed by atoms with Crippen molar-refractivity contribution in [3.63, 3.8) is 0 Å². The molecule has 0 heterocycles. The van der Waals surface area contributed by atoms with E-state index in [2.05, 4.69) is 5.32 Å². The van der Waals surface area contributed by atoms with Gasteiger partial charge in [0, 0.05) is 5.69 Å². The lowest BCUT2D eigenvalue weighted by molar-refractivity contribution is 0.0526. The Labute approximate surface area is 135 Å². The van der Waals surface area contributed by atoms with Crippen LogP contribution in [0.1, 0.15) is 28.4 Å². The van der Waals surface area contributed by atoms with E-state index in [9.17, 15) is 9.59 Å². The number of benzene rings is 2. The smallest absolute Gasteiger partial charge is 0.417 e. The highest BCUT2D eigenvalue weighted by atomic mass is 16.6. The fraction of sp³-hybridized carbons (Fsp3) is 0.222. The third-order valence-electron chi connectivity index (χ3n) is 3.19. The molecule has 0 atom stereocenters. The second-order valence-corrected chi connectivity index (χ2v) is 5.08. The summed E-state index contributed by atoms with van der Waals surface area (Å²) in [5, 5.41) is 2.62. The summed E-state index contributed by atoms with van der Waals surface area (Å²) in [6.07, 6.45) is -0.581. The Balaban J connectivity index is 2.00. The van der Waals surface area contributed by atoms with Gasteiger partial charge in [-0.15, -0.1) is 0 Å². The maximum Gasteiger partial charge on any atom is 0.417 e. The minimum atomic E-state index is -0.581. The van der Waals surface area contributed by atoms with Crippen LogP contribution in [0.5, 0.6) is 5.75 Å². The van der Waals surface area contributed by atoms with Crippen LogP contribution in [0.25, 0.3) is 0 Å². The lowest BCUT2D eigenvalue weighted by Crippen LogP contribution is -2.17. The Hall–Kier alpha value is -2.82. The number of anilines is 1. The Kier molecular flexibility index (Phi) is 5.36. The summed E-state index contributed by atoms with van der Waals surface area (Å²) in [4.78, 5) is 23.5. The van der Waals surface area contributed by atoms with Crippen LogP contribution >= 0.6 is 0 Å². The minimum Gasteiger partial charge on any atom is -0.462 e. The molecule has 2 aromatic carbocycles. The van der Waals surface area contributed by atoms with Crippen LogP contribution in [0.4, 0.5) is 10.5 Å². The fourth-order valence-corrected chi connectivity index (χ4v) is 1.96. The van der Waals surface area contributed by atoms with E-state index >= 15 is 0 Å². The summed E-state index contributed by atoms with van der Waals surface area (Å²) in [6.45, 7) is 5.87. The number of carbonyl (C=O) groups is 2. The molecular formula is C18H19NO4. The second-order valence-electron chi connectivity index (χ2n) is 5.08. The molecule has 0 aliphatic rings. The fourth-order valence-electron chi connectivity index (χ4n) is 1.96. The first-order chi connectivity index (χ1) is 11.0. The number of carbonyl (C=O) groups excluding carboxylic acids is 2. The number of nitrogens with one attached hydrogen (secondary N) is 1. The maximum absolute atomic E-state index is 11.9.